The molecule has 0 aromatic heterocycles. The van der Waals surface area contributed by atoms with Crippen LogP contribution in [0.4, 0.5) is 0 Å². The molecule has 0 spiro atoms. The fourth-order valence-corrected chi connectivity index (χ4v) is 3.15. The maximum atomic E-state index is 9.30. The summed E-state index contributed by atoms with van der Waals surface area (Å²) in [5.41, 5.74) is 9.96. The summed E-state index contributed by atoms with van der Waals surface area (Å²) in [4.78, 5) is 2.16. The van der Waals surface area contributed by atoms with Crippen molar-refractivity contribution in [3.05, 3.63) is 34.9 Å². The lowest BCUT2D eigenvalue weighted by Gasteiger charge is -2.30. The van der Waals surface area contributed by atoms with E-state index in [4.69, 9.17) is 10.5 Å². The topological polar surface area (TPSA) is 58.7 Å². The minimum absolute atomic E-state index is 0.00667. The molecule has 0 aromatic rings. The van der Waals surface area contributed by atoms with Gasteiger partial charge < -0.3 is 20.5 Å². The monoisotopic (exact) mass is 264 g/mol. The van der Waals surface area contributed by atoms with Crippen LogP contribution in [0.2, 0.25) is 0 Å². The maximum absolute atomic E-state index is 9.30. The highest BCUT2D eigenvalue weighted by Gasteiger charge is 2.40. The van der Waals surface area contributed by atoms with Gasteiger partial charge in [0.1, 0.15) is 5.76 Å². The van der Waals surface area contributed by atoms with Crippen LogP contribution in [0, 0.1) is 5.92 Å². The number of allylic oxidation sites excluding steroid dienone is 2. The molecule has 2 rings (SSSR count). The van der Waals surface area contributed by atoms with E-state index in [1.165, 1.54) is 11.3 Å². The molecule has 1 heterocycles. The first kappa shape index (κ1) is 14.2. The predicted molar refractivity (Wildman–Crippen MR) is 76.0 cm³/mol. The van der Waals surface area contributed by atoms with E-state index in [0.717, 1.165) is 17.9 Å². The SMILES string of the molecule is CCOC1=C2C(C(CC)=C(C)N2CCO)C(N)C=C1. The van der Waals surface area contributed by atoms with E-state index in [9.17, 15) is 5.11 Å². The molecule has 2 unspecified atom stereocenters. The highest BCUT2D eigenvalue weighted by Crippen LogP contribution is 2.43. The normalized spacial score (nSPS) is 26.3. The molecule has 106 valence electrons. The van der Waals surface area contributed by atoms with Crippen molar-refractivity contribution in [1.82, 2.24) is 4.90 Å². The van der Waals surface area contributed by atoms with Crippen molar-refractivity contribution in [2.24, 2.45) is 11.7 Å². The molecule has 4 heteroatoms. The molecule has 0 bridgehead atoms. The van der Waals surface area contributed by atoms with E-state index in [-0.39, 0.29) is 18.6 Å². The summed E-state index contributed by atoms with van der Waals surface area (Å²) in [6.45, 7) is 7.61. The fourth-order valence-electron chi connectivity index (χ4n) is 3.15. The summed E-state index contributed by atoms with van der Waals surface area (Å²) < 4.78 is 5.75. The minimum Gasteiger partial charge on any atom is -0.492 e. The second-order valence-electron chi connectivity index (χ2n) is 4.94. The molecule has 0 aromatic carbocycles. The molecular weight excluding hydrogens is 240 g/mol. The Hall–Kier alpha value is -1.26. The Kier molecular flexibility index (Phi) is 4.32. The first-order valence-corrected chi connectivity index (χ1v) is 7.04. The van der Waals surface area contributed by atoms with Gasteiger partial charge in [0.05, 0.1) is 18.9 Å². The number of nitrogens with two attached hydrogens (primary N) is 1. The molecule has 19 heavy (non-hydrogen) atoms. The summed E-state index contributed by atoms with van der Waals surface area (Å²) >= 11 is 0. The van der Waals surface area contributed by atoms with Gasteiger partial charge in [0.25, 0.3) is 0 Å². The fraction of sp³-hybridized carbons (Fsp3) is 0.600. The van der Waals surface area contributed by atoms with Crippen molar-refractivity contribution in [3.8, 4) is 0 Å². The standard InChI is InChI=1S/C15H24N2O2/c1-4-11-10(3)17(8-9-18)15-13(19-5-2)7-6-12(16)14(11)15/h6-7,12,14,18H,4-5,8-9,16H2,1-3H3. The van der Waals surface area contributed by atoms with Crippen LogP contribution >= 0.6 is 0 Å². The van der Waals surface area contributed by atoms with Crippen molar-refractivity contribution in [2.75, 3.05) is 19.8 Å². The van der Waals surface area contributed by atoms with Crippen molar-refractivity contribution in [3.63, 3.8) is 0 Å². The van der Waals surface area contributed by atoms with Crippen LogP contribution in [-0.2, 0) is 4.74 Å². The van der Waals surface area contributed by atoms with Crippen molar-refractivity contribution in [2.45, 2.75) is 33.2 Å². The number of rotatable bonds is 5. The average molecular weight is 264 g/mol. The Morgan fingerprint density at radius 1 is 1.42 bits per heavy atom. The summed E-state index contributed by atoms with van der Waals surface area (Å²) in [6, 6.07) is -0.00667. The number of ether oxygens (including phenoxy) is 1. The molecule has 4 nitrogen and oxygen atoms in total. The minimum atomic E-state index is -0.00667. The molecule has 1 aliphatic carbocycles. The van der Waals surface area contributed by atoms with Crippen molar-refractivity contribution in [1.29, 1.82) is 0 Å². The van der Waals surface area contributed by atoms with Crippen LogP contribution in [0.3, 0.4) is 0 Å². The third kappa shape index (κ3) is 2.30. The van der Waals surface area contributed by atoms with Crippen LogP contribution in [0.1, 0.15) is 27.2 Å². The van der Waals surface area contributed by atoms with Crippen molar-refractivity contribution < 1.29 is 9.84 Å². The van der Waals surface area contributed by atoms with Gasteiger partial charge in [0.2, 0.25) is 0 Å². The largest absolute Gasteiger partial charge is 0.492 e. The lowest BCUT2D eigenvalue weighted by molar-refractivity contribution is 0.206. The third-order valence-electron chi connectivity index (χ3n) is 3.94. The zero-order valence-electron chi connectivity index (χ0n) is 12.0. The molecule has 0 radical (unpaired) electrons. The third-order valence-corrected chi connectivity index (χ3v) is 3.94. The Bertz CT molecular complexity index is 437. The lowest BCUT2D eigenvalue weighted by Crippen LogP contribution is -2.35. The number of aliphatic hydroxyl groups is 1. The van der Waals surface area contributed by atoms with Crippen molar-refractivity contribution >= 4 is 0 Å². The van der Waals surface area contributed by atoms with E-state index in [2.05, 4.69) is 18.7 Å². The van der Waals surface area contributed by atoms with E-state index < -0.39 is 0 Å². The number of hydrogen-bond donors (Lipinski definition) is 2. The number of nitrogens with zero attached hydrogens (tertiary/aromatic N) is 1. The van der Waals surface area contributed by atoms with E-state index in [0.29, 0.717) is 13.2 Å². The van der Waals surface area contributed by atoms with E-state index in [1.807, 2.05) is 19.1 Å². The zero-order chi connectivity index (χ0) is 14.0. The molecular formula is C15H24N2O2. The number of fused-ring (bicyclic) bond motifs is 1. The Morgan fingerprint density at radius 3 is 2.74 bits per heavy atom. The van der Waals surface area contributed by atoms with Gasteiger partial charge in [-0.15, -0.1) is 0 Å². The first-order chi connectivity index (χ1) is 9.15. The molecule has 2 aliphatic rings. The highest BCUT2D eigenvalue weighted by atomic mass is 16.5. The van der Waals surface area contributed by atoms with Gasteiger partial charge in [-0.2, -0.15) is 0 Å². The number of aliphatic hydroxyl groups excluding tert-OH is 1. The first-order valence-electron chi connectivity index (χ1n) is 7.04. The highest BCUT2D eigenvalue weighted by molar-refractivity contribution is 5.44. The molecule has 0 amide bonds. The number of β-amino-alcohol motifs (C(OH)–C–C–N with tert-alkyl or cyclic N) is 1. The number of hydrogen-bond acceptors (Lipinski definition) is 4. The smallest absolute Gasteiger partial charge is 0.139 e. The Balaban J connectivity index is 2.47. The predicted octanol–water partition coefficient (Wildman–Crippen LogP) is 1.74. The van der Waals surface area contributed by atoms with Gasteiger partial charge >= 0.3 is 0 Å². The van der Waals surface area contributed by atoms with Crippen LogP contribution < -0.4 is 5.73 Å². The quantitative estimate of drug-likeness (QED) is 0.794. The summed E-state index contributed by atoms with van der Waals surface area (Å²) in [5.74, 6) is 1.09. The molecule has 3 N–H and O–H groups in total. The molecule has 0 saturated carbocycles. The summed E-state index contributed by atoms with van der Waals surface area (Å²) in [5, 5.41) is 9.30. The van der Waals surface area contributed by atoms with Gasteiger partial charge in [0.15, 0.2) is 0 Å². The lowest BCUT2D eigenvalue weighted by atomic mass is 9.85. The van der Waals surface area contributed by atoms with Crippen LogP contribution in [0.5, 0.6) is 0 Å². The summed E-state index contributed by atoms with van der Waals surface area (Å²) in [6.07, 6.45) is 4.96. The maximum Gasteiger partial charge on any atom is 0.139 e. The molecule has 1 aliphatic heterocycles. The van der Waals surface area contributed by atoms with Gasteiger partial charge in [-0.1, -0.05) is 13.0 Å². The van der Waals surface area contributed by atoms with E-state index >= 15 is 0 Å². The average Bonchev–Trinajstić information content (AvgIpc) is 2.68. The molecule has 2 atom stereocenters. The van der Waals surface area contributed by atoms with Gasteiger partial charge in [-0.25, -0.2) is 0 Å². The van der Waals surface area contributed by atoms with Crippen LogP contribution in [0.15, 0.2) is 34.9 Å². The van der Waals surface area contributed by atoms with Crippen LogP contribution in [0.25, 0.3) is 0 Å². The second-order valence-corrected chi connectivity index (χ2v) is 4.94. The summed E-state index contributed by atoms with van der Waals surface area (Å²) in [7, 11) is 0. The van der Waals surface area contributed by atoms with Crippen LogP contribution in [-0.4, -0.2) is 35.8 Å². The van der Waals surface area contributed by atoms with Gasteiger partial charge in [-0.3, -0.25) is 0 Å². The van der Waals surface area contributed by atoms with E-state index in [1.54, 1.807) is 0 Å². The second kappa shape index (κ2) is 5.80. The zero-order valence-corrected chi connectivity index (χ0v) is 12.0. The van der Waals surface area contributed by atoms with Gasteiger partial charge in [0, 0.05) is 24.2 Å². The molecule has 0 saturated heterocycles. The Morgan fingerprint density at radius 2 is 2.16 bits per heavy atom. The Labute approximate surface area is 115 Å². The van der Waals surface area contributed by atoms with Gasteiger partial charge in [-0.05, 0) is 31.9 Å². The molecule has 0 fully saturated rings.